The number of likely N-dealkylation sites (tertiary alicyclic amines) is 1. The van der Waals surface area contributed by atoms with Gasteiger partial charge in [0, 0.05) is 49.1 Å². The number of benzene rings is 1. The molecule has 1 aromatic carbocycles. The number of piperidine rings is 1. The number of nitrogens with zero attached hydrogens (tertiary/aromatic N) is 6. The Bertz CT molecular complexity index is 1510. The molecule has 0 radical (unpaired) electrons. The van der Waals surface area contributed by atoms with E-state index in [1.165, 1.54) is 6.07 Å². The van der Waals surface area contributed by atoms with Gasteiger partial charge in [0.2, 0.25) is 6.10 Å². The first kappa shape index (κ1) is 30.1. The van der Waals surface area contributed by atoms with Gasteiger partial charge in [0.05, 0.1) is 24.1 Å². The Kier molecular flexibility index (Phi) is 8.18. The highest BCUT2D eigenvalue weighted by Gasteiger charge is 2.46. The van der Waals surface area contributed by atoms with Gasteiger partial charge in [-0.05, 0) is 30.5 Å². The van der Waals surface area contributed by atoms with Crippen LogP contribution in [0.4, 0.5) is 36.8 Å². The van der Waals surface area contributed by atoms with Crippen LogP contribution in [0, 0.1) is 0 Å². The van der Waals surface area contributed by atoms with Crippen LogP contribution in [-0.4, -0.2) is 85.7 Å². The Morgan fingerprint density at radius 1 is 1.09 bits per heavy atom. The van der Waals surface area contributed by atoms with Gasteiger partial charge in [0.25, 0.3) is 5.91 Å². The van der Waals surface area contributed by atoms with E-state index in [2.05, 4.69) is 20.5 Å². The zero-order valence-corrected chi connectivity index (χ0v) is 22.3. The van der Waals surface area contributed by atoms with Crippen LogP contribution < -0.4 is 10.6 Å². The van der Waals surface area contributed by atoms with Crippen molar-refractivity contribution in [3.63, 3.8) is 0 Å². The first-order valence-corrected chi connectivity index (χ1v) is 13.2. The number of alkyl halides is 6. The number of aliphatic hydroxyl groups excluding tert-OH is 1. The Morgan fingerprint density at radius 3 is 2.53 bits per heavy atom. The molecule has 0 spiro atoms. The number of urea groups is 1. The Hall–Kier alpha value is -4.41. The summed E-state index contributed by atoms with van der Waals surface area (Å²) in [6, 6.07) is 5.38. The lowest BCUT2D eigenvalue weighted by Gasteiger charge is -2.33. The molecule has 2 aliphatic heterocycles. The van der Waals surface area contributed by atoms with Gasteiger partial charge < -0.3 is 20.6 Å². The second-order valence-electron chi connectivity index (χ2n) is 10.2. The highest BCUT2D eigenvalue weighted by molar-refractivity contribution is 5.90. The lowest BCUT2D eigenvalue weighted by atomic mass is 9.99. The third-order valence-electron chi connectivity index (χ3n) is 7.18. The summed E-state index contributed by atoms with van der Waals surface area (Å²) in [5, 5.41) is 22.3. The average molecular weight is 613 g/mol. The van der Waals surface area contributed by atoms with Crippen molar-refractivity contribution < 1.29 is 41.0 Å². The van der Waals surface area contributed by atoms with E-state index in [0.717, 1.165) is 10.5 Å². The van der Waals surface area contributed by atoms with Crippen molar-refractivity contribution in [2.45, 2.75) is 49.7 Å². The first-order chi connectivity index (χ1) is 20.3. The van der Waals surface area contributed by atoms with Gasteiger partial charge in [-0.25, -0.2) is 14.5 Å². The number of fused-ring (bicyclic) bond motifs is 1. The molecule has 0 saturated carbocycles. The lowest BCUT2D eigenvalue weighted by molar-refractivity contribution is -0.211. The number of hydrogen-bond donors (Lipinski definition) is 3. The number of hydrogen-bond acceptors (Lipinski definition) is 6. The Labute approximate surface area is 240 Å². The molecule has 11 nitrogen and oxygen atoms in total. The summed E-state index contributed by atoms with van der Waals surface area (Å²) in [4.78, 5) is 29.3. The van der Waals surface area contributed by atoms with Crippen molar-refractivity contribution in [1.82, 2.24) is 29.7 Å². The predicted molar refractivity (Wildman–Crippen MR) is 140 cm³/mol. The number of carbonyl (C=O) groups is 2. The summed E-state index contributed by atoms with van der Waals surface area (Å²) in [6.45, 7) is -1.34. The van der Waals surface area contributed by atoms with E-state index in [9.17, 15) is 41.0 Å². The second kappa shape index (κ2) is 11.7. The molecule has 2 aliphatic rings. The molecule has 230 valence electrons. The Morgan fingerprint density at radius 2 is 1.84 bits per heavy atom. The van der Waals surface area contributed by atoms with Crippen molar-refractivity contribution in [1.29, 1.82) is 0 Å². The smallest absolute Gasteiger partial charge is 0.376 e. The van der Waals surface area contributed by atoms with E-state index in [0.29, 0.717) is 36.3 Å². The van der Waals surface area contributed by atoms with Gasteiger partial charge in [-0.2, -0.15) is 36.5 Å². The topological polar surface area (TPSA) is 130 Å². The number of nitrogens with one attached hydrogen (secondary N) is 2. The van der Waals surface area contributed by atoms with E-state index < -0.39 is 36.9 Å². The predicted octanol–water partition coefficient (Wildman–Crippen LogP) is 3.69. The molecule has 0 bridgehead atoms. The van der Waals surface area contributed by atoms with Crippen molar-refractivity contribution >= 4 is 23.8 Å². The normalized spacial score (nSPS) is 18.3. The van der Waals surface area contributed by atoms with Gasteiger partial charge in [-0.1, -0.05) is 12.1 Å². The molecule has 1 fully saturated rings. The summed E-state index contributed by atoms with van der Waals surface area (Å²) < 4.78 is 78.5. The van der Waals surface area contributed by atoms with Gasteiger partial charge in [0.1, 0.15) is 12.4 Å². The maximum absolute atomic E-state index is 12.7. The SMILES string of the molecule is O=C(NCC(F)(F)F)Nc1cccc(-c2cnc3n2N=CC(c2cnn(C4CCN(C(=O)C(O)C(F)(F)F)CC4)c2)C3)c1. The molecule has 2 aromatic heterocycles. The summed E-state index contributed by atoms with van der Waals surface area (Å²) in [5.41, 5.74) is 2.37. The maximum atomic E-state index is 12.7. The van der Waals surface area contributed by atoms with Crippen molar-refractivity contribution in [2.24, 2.45) is 5.10 Å². The fourth-order valence-electron chi connectivity index (χ4n) is 4.97. The third-order valence-corrected chi connectivity index (χ3v) is 7.18. The van der Waals surface area contributed by atoms with Crippen LogP contribution in [0.15, 0.2) is 48.0 Å². The van der Waals surface area contributed by atoms with Gasteiger partial charge >= 0.3 is 18.4 Å². The van der Waals surface area contributed by atoms with Crippen LogP contribution >= 0.6 is 0 Å². The number of amides is 3. The number of rotatable bonds is 6. The van der Waals surface area contributed by atoms with Crippen LogP contribution in [0.2, 0.25) is 0 Å². The lowest BCUT2D eigenvalue weighted by Crippen LogP contribution is -2.49. The van der Waals surface area contributed by atoms with Crippen molar-refractivity contribution in [3.05, 3.63) is 54.2 Å². The highest BCUT2D eigenvalue weighted by Crippen LogP contribution is 2.31. The molecule has 4 heterocycles. The summed E-state index contributed by atoms with van der Waals surface area (Å²) in [6.07, 6.45) is -4.49. The summed E-state index contributed by atoms with van der Waals surface area (Å²) in [7, 11) is 0. The number of halogens is 6. The van der Waals surface area contributed by atoms with Crippen molar-refractivity contribution in [2.75, 3.05) is 25.0 Å². The number of aromatic nitrogens is 4. The number of aliphatic hydroxyl groups is 1. The van der Waals surface area contributed by atoms with E-state index >= 15 is 0 Å². The van der Waals surface area contributed by atoms with E-state index in [1.807, 2.05) is 6.20 Å². The third kappa shape index (κ3) is 6.98. The number of carbonyl (C=O) groups excluding carboxylic acids is 2. The molecule has 1 saturated heterocycles. The molecule has 3 N–H and O–H groups in total. The zero-order chi connectivity index (χ0) is 30.9. The molecule has 2 atom stereocenters. The molecule has 3 aromatic rings. The minimum Gasteiger partial charge on any atom is -0.376 e. The molecule has 0 aliphatic carbocycles. The first-order valence-electron chi connectivity index (χ1n) is 13.2. The largest absolute Gasteiger partial charge is 0.423 e. The van der Waals surface area contributed by atoms with Crippen LogP contribution in [0.3, 0.4) is 0 Å². The minimum absolute atomic E-state index is 0.0614. The number of anilines is 1. The molecule has 3 amide bonds. The second-order valence-corrected chi connectivity index (χ2v) is 10.2. The fourth-order valence-corrected chi connectivity index (χ4v) is 4.97. The highest BCUT2D eigenvalue weighted by atomic mass is 19.4. The molecular weight excluding hydrogens is 586 g/mol. The van der Waals surface area contributed by atoms with E-state index in [4.69, 9.17) is 0 Å². The molecular formula is C26H26F6N8O3. The van der Waals surface area contributed by atoms with Crippen LogP contribution in [0.5, 0.6) is 0 Å². The van der Waals surface area contributed by atoms with Gasteiger partial charge in [-0.3, -0.25) is 9.48 Å². The molecule has 2 unspecified atom stereocenters. The van der Waals surface area contributed by atoms with E-state index in [1.54, 1.807) is 51.5 Å². The van der Waals surface area contributed by atoms with Gasteiger partial charge in [0.15, 0.2) is 0 Å². The van der Waals surface area contributed by atoms with Crippen LogP contribution in [0.25, 0.3) is 11.3 Å². The monoisotopic (exact) mass is 612 g/mol. The van der Waals surface area contributed by atoms with Crippen LogP contribution in [0.1, 0.15) is 36.2 Å². The van der Waals surface area contributed by atoms with Crippen LogP contribution in [-0.2, 0) is 11.2 Å². The maximum Gasteiger partial charge on any atom is 0.423 e. The summed E-state index contributed by atoms with van der Waals surface area (Å²) >= 11 is 0. The van der Waals surface area contributed by atoms with Gasteiger partial charge in [-0.15, -0.1) is 0 Å². The Balaban J connectivity index is 1.20. The summed E-state index contributed by atoms with van der Waals surface area (Å²) in [5.74, 6) is -0.869. The standard InChI is InChI=1S/C26H26F6N8O3/c27-25(28,29)14-34-24(43)37-18-3-1-2-15(8-18)20-12-33-21-9-16(10-36-40(20)21)17-11-35-39(13-17)19-4-6-38(7-5-19)23(42)22(41)26(30,31)32/h1-3,8,10-13,16,19,22,41H,4-7,9,14H2,(H2,34,37,43). The quantitative estimate of drug-likeness (QED) is 0.366. The average Bonchev–Trinajstić information content (AvgIpc) is 3.62. The molecule has 17 heteroatoms. The zero-order valence-electron chi connectivity index (χ0n) is 22.3. The molecule has 5 rings (SSSR count). The van der Waals surface area contributed by atoms with Crippen molar-refractivity contribution in [3.8, 4) is 11.3 Å². The molecule has 43 heavy (non-hydrogen) atoms. The minimum atomic E-state index is -5.01. The number of imidazole rings is 1. The fraction of sp³-hybridized carbons (Fsp3) is 0.423. The van der Waals surface area contributed by atoms with E-state index in [-0.39, 0.29) is 30.7 Å².